The lowest BCUT2D eigenvalue weighted by Gasteiger charge is -2.64. The lowest BCUT2D eigenvalue weighted by Crippen LogP contribution is -2.78. The molecule has 218 valence electrons. The molecule has 2 heterocycles. The molecule has 2 bridgehead atoms. The van der Waals surface area contributed by atoms with E-state index in [2.05, 4.69) is 4.90 Å². The Morgan fingerprint density at radius 2 is 2.05 bits per heavy atom. The van der Waals surface area contributed by atoms with Gasteiger partial charge in [0.2, 0.25) is 5.91 Å². The largest absolute Gasteiger partial charge is 0.504 e. The Bertz CT molecular complexity index is 1460. The molecule has 2 unspecified atom stereocenters. The van der Waals surface area contributed by atoms with E-state index in [0.717, 1.165) is 24.2 Å². The van der Waals surface area contributed by atoms with Crippen molar-refractivity contribution in [3.63, 3.8) is 0 Å². The van der Waals surface area contributed by atoms with Gasteiger partial charge < -0.3 is 19.8 Å². The second-order valence-corrected chi connectivity index (χ2v) is 12.5. The zero-order chi connectivity index (χ0) is 28.0. The number of aryl methyl sites for hydroxylation is 1. The zero-order valence-corrected chi connectivity index (χ0v) is 24.1. The first-order valence-electron chi connectivity index (χ1n) is 14.3. The van der Waals surface area contributed by atoms with Gasteiger partial charge in [0.05, 0.1) is 28.0 Å². The monoisotopic (exact) mass is 581 g/mol. The number of carbonyl (C=O) groups excluding carboxylic acids is 1. The Morgan fingerprint density at radius 1 is 1.27 bits per heavy atom. The van der Waals surface area contributed by atoms with Crippen molar-refractivity contribution in [1.82, 2.24) is 9.80 Å². The van der Waals surface area contributed by atoms with Gasteiger partial charge in [-0.05, 0) is 69.6 Å². The van der Waals surface area contributed by atoms with Crippen LogP contribution in [0.5, 0.6) is 11.5 Å². The molecule has 5 aliphatic rings. The summed E-state index contributed by atoms with van der Waals surface area (Å²) < 4.78 is 6.53. The number of ether oxygens (including phenoxy) is 1. The van der Waals surface area contributed by atoms with Crippen molar-refractivity contribution in [2.75, 3.05) is 20.1 Å². The van der Waals surface area contributed by atoms with Crippen LogP contribution in [0.4, 0.5) is 5.69 Å². The fourth-order valence-corrected chi connectivity index (χ4v) is 8.30. The van der Waals surface area contributed by atoms with Crippen LogP contribution in [0.2, 0.25) is 0 Å². The third-order valence-corrected chi connectivity index (χ3v) is 10.3. The second-order valence-electron chi connectivity index (χ2n) is 12.5. The number of phenolic OH excluding ortho intramolecular Hbond substituents is 1. The van der Waals surface area contributed by atoms with E-state index in [1.807, 2.05) is 31.2 Å². The highest BCUT2D eigenvalue weighted by molar-refractivity contribution is 5.92. The number of aliphatic hydroxyl groups is 1. The van der Waals surface area contributed by atoms with Crippen molar-refractivity contribution < 1.29 is 24.7 Å². The highest BCUT2D eigenvalue weighted by atomic mass is 35.5. The van der Waals surface area contributed by atoms with Crippen LogP contribution in [-0.4, -0.2) is 74.8 Å². The quantitative estimate of drug-likeness (QED) is 0.299. The van der Waals surface area contributed by atoms with E-state index in [1.165, 1.54) is 18.9 Å². The van der Waals surface area contributed by atoms with Gasteiger partial charge in [-0.25, -0.2) is 0 Å². The summed E-state index contributed by atoms with van der Waals surface area (Å²) in [4.78, 5) is 29.2. The van der Waals surface area contributed by atoms with Crippen LogP contribution in [0, 0.1) is 23.0 Å². The summed E-state index contributed by atoms with van der Waals surface area (Å²) in [6, 6.07) is 8.45. The predicted molar refractivity (Wildman–Crippen MR) is 155 cm³/mol. The van der Waals surface area contributed by atoms with Crippen molar-refractivity contribution in [3.8, 4) is 11.5 Å². The molecule has 2 aliphatic heterocycles. The Morgan fingerprint density at radius 3 is 2.76 bits per heavy atom. The van der Waals surface area contributed by atoms with Gasteiger partial charge in [-0.15, -0.1) is 12.4 Å². The van der Waals surface area contributed by atoms with Crippen LogP contribution in [0.25, 0.3) is 6.08 Å². The Kier molecular flexibility index (Phi) is 6.63. The fraction of sp³-hybridized carbons (Fsp3) is 0.516. The van der Waals surface area contributed by atoms with Gasteiger partial charge >= 0.3 is 0 Å². The number of amides is 1. The third kappa shape index (κ3) is 4.00. The number of likely N-dealkylation sites (N-methyl/N-ethyl adjacent to an activating group) is 1. The van der Waals surface area contributed by atoms with E-state index < -0.39 is 22.0 Å². The lowest BCUT2D eigenvalue weighted by molar-refractivity contribution is -0.386. The molecule has 7 rings (SSSR count). The molecule has 2 N–H and O–H groups in total. The molecule has 1 saturated heterocycles. The molecular weight excluding hydrogens is 546 g/mol. The molecule has 0 aromatic heterocycles. The number of rotatable bonds is 6. The second kappa shape index (κ2) is 9.71. The number of halogens is 1. The molecule has 41 heavy (non-hydrogen) atoms. The first-order chi connectivity index (χ1) is 19.1. The maximum Gasteiger partial charge on any atom is 0.276 e. The van der Waals surface area contributed by atoms with Crippen molar-refractivity contribution in [2.24, 2.45) is 5.92 Å². The van der Waals surface area contributed by atoms with Crippen LogP contribution in [0.15, 0.2) is 36.4 Å². The molecule has 1 spiro atoms. The van der Waals surface area contributed by atoms with Gasteiger partial charge in [0.15, 0.2) is 11.5 Å². The van der Waals surface area contributed by atoms with Gasteiger partial charge in [-0.2, -0.15) is 0 Å². The summed E-state index contributed by atoms with van der Waals surface area (Å²) in [6.45, 7) is 3.63. The maximum absolute atomic E-state index is 13.4. The first kappa shape index (κ1) is 28.0. The first-order valence-corrected chi connectivity index (χ1v) is 14.3. The molecule has 5 atom stereocenters. The van der Waals surface area contributed by atoms with Gasteiger partial charge in [-0.3, -0.25) is 19.8 Å². The summed E-state index contributed by atoms with van der Waals surface area (Å²) in [6.07, 6.45) is 6.97. The zero-order valence-electron chi connectivity index (χ0n) is 23.3. The van der Waals surface area contributed by atoms with Crippen LogP contribution in [-0.2, 0) is 16.6 Å². The van der Waals surface area contributed by atoms with E-state index >= 15 is 0 Å². The predicted octanol–water partition coefficient (Wildman–Crippen LogP) is 4.14. The van der Waals surface area contributed by atoms with E-state index in [4.69, 9.17) is 4.74 Å². The number of hydrogen-bond donors (Lipinski definition) is 2. The van der Waals surface area contributed by atoms with Gasteiger partial charge in [-0.1, -0.05) is 29.8 Å². The minimum absolute atomic E-state index is 0. The summed E-state index contributed by atoms with van der Waals surface area (Å²) >= 11 is 0. The van der Waals surface area contributed by atoms with Crippen LogP contribution in [0.1, 0.15) is 54.4 Å². The summed E-state index contributed by atoms with van der Waals surface area (Å²) in [5.74, 6) is 0.394. The topological polar surface area (TPSA) is 116 Å². The SMILES string of the molecule is Cc1cccc(/C=C/C(=O)N(C)C2CC[C@@]3(O)[C@H]4Cc5c([N+](=O)[O-])cc(O)c6c5[C@@]3(CCN4CC3CC3)C2O6)c1.Cl. The number of hydrogen-bond acceptors (Lipinski definition) is 7. The Labute approximate surface area is 245 Å². The maximum atomic E-state index is 13.4. The average Bonchev–Trinajstić information content (AvgIpc) is 3.66. The van der Waals surface area contributed by atoms with Gasteiger partial charge in [0, 0.05) is 36.8 Å². The number of carbonyl (C=O) groups is 1. The Hall–Kier alpha value is -3.14. The van der Waals surface area contributed by atoms with Crippen molar-refractivity contribution in [2.45, 2.75) is 74.7 Å². The standard InChI is InChI=1S/C31H35N3O6.ClH/c1-18-4-3-5-19(14-18)8-9-26(36)32(2)22-10-11-31(37)25-15-21-23(34(38)39)16-24(35)28-27(21)30(31,29(22)40-28)12-13-33(25)17-20-6-7-20;/h3-5,8-9,14,16,20,22,25,29,35,37H,6-7,10-13,15,17H2,1-2H3;1H/b9-8+;/t22?,25-,29?,30+,31-;/m1./s1. The number of nitrogens with zero attached hydrogens (tertiary/aromatic N) is 3. The molecule has 10 heteroatoms. The minimum atomic E-state index is -1.18. The van der Waals surface area contributed by atoms with Crippen LogP contribution >= 0.6 is 12.4 Å². The third-order valence-electron chi connectivity index (χ3n) is 10.3. The molecule has 3 fully saturated rings. The molecule has 2 aromatic rings. The summed E-state index contributed by atoms with van der Waals surface area (Å²) in [7, 11) is 1.76. The van der Waals surface area contributed by atoms with Crippen molar-refractivity contribution in [1.29, 1.82) is 0 Å². The van der Waals surface area contributed by atoms with Gasteiger partial charge in [0.25, 0.3) is 5.69 Å². The van der Waals surface area contributed by atoms with E-state index in [9.17, 15) is 25.1 Å². The number of nitro groups is 1. The molecule has 9 nitrogen and oxygen atoms in total. The van der Waals surface area contributed by atoms with Crippen molar-refractivity contribution >= 4 is 30.1 Å². The van der Waals surface area contributed by atoms with E-state index in [0.29, 0.717) is 42.7 Å². The summed E-state index contributed by atoms with van der Waals surface area (Å²) in [5.41, 5.74) is 0.954. The number of likely N-dealkylation sites (tertiary alicyclic amines) is 1. The number of nitro benzene ring substituents is 1. The molecule has 1 amide bonds. The van der Waals surface area contributed by atoms with Crippen LogP contribution in [0.3, 0.4) is 0 Å². The number of phenols is 1. The Balaban J connectivity index is 0.00000302. The van der Waals surface area contributed by atoms with Crippen molar-refractivity contribution in [3.05, 3.63) is 68.8 Å². The molecule has 2 aromatic carbocycles. The van der Waals surface area contributed by atoms with Gasteiger partial charge in [0.1, 0.15) is 6.10 Å². The molecule has 0 radical (unpaired) electrons. The minimum Gasteiger partial charge on any atom is -0.504 e. The lowest BCUT2D eigenvalue weighted by atomic mass is 9.48. The molecule has 2 saturated carbocycles. The number of piperidine rings is 1. The number of aromatic hydroxyl groups is 1. The highest BCUT2D eigenvalue weighted by Crippen LogP contribution is 2.67. The summed E-state index contributed by atoms with van der Waals surface area (Å²) in [5, 5.41) is 35.8. The average molecular weight is 582 g/mol. The van der Waals surface area contributed by atoms with E-state index in [1.54, 1.807) is 24.1 Å². The highest BCUT2D eigenvalue weighted by Gasteiger charge is 2.74. The molecule has 3 aliphatic carbocycles. The normalized spacial score (nSPS) is 31.2. The molecular formula is C31H36ClN3O6. The number of benzene rings is 2. The van der Waals surface area contributed by atoms with E-state index in [-0.39, 0.29) is 47.6 Å². The fourth-order valence-electron chi connectivity index (χ4n) is 8.30. The smallest absolute Gasteiger partial charge is 0.276 e. The van der Waals surface area contributed by atoms with Crippen LogP contribution < -0.4 is 4.74 Å².